The smallest absolute Gasteiger partial charge is 0.329 e. The van der Waals surface area contributed by atoms with Crippen molar-refractivity contribution < 1.29 is 14.6 Å². The summed E-state index contributed by atoms with van der Waals surface area (Å²) in [6.45, 7) is 1.86. The molecule has 22 heavy (non-hydrogen) atoms. The zero-order valence-electron chi connectivity index (χ0n) is 12.6. The van der Waals surface area contributed by atoms with Crippen LogP contribution in [0.4, 0.5) is 0 Å². The Labute approximate surface area is 139 Å². The molecule has 120 valence electrons. The third-order valence-electron chi connectivity index (χ3n) is 5.10. The average molecular weight is 368 g/mol. The van der Waals surface area contributed by atoms with Gasteiger partial charge in [0.2, 0.25) is 0 Å². The lowest BCUT2D eigenvalue weighted by molar-refractivity contribution is -0.151. The van der Waals surface area contributed by atoms with E-state index in [2.05, 4.69) is 33.4 Å². The van der Waals surface area contributed by atoms with E-state index in [9.17, 15) is 4.79 Å². The SMILES string of the molecule is O=C(O)COC1(c2cccc(Br)c2)CCC2(CCCNC2)C1. The molecule has 3 rings (SSSR count). The van der Waals surface area contributed by atoms with Crippen molar-refractivity contribution in [3.63, 3.8) is 0 Å². The van der Waals surface area contributed by atoms with E-state index in [-0.39, 0.29) is 12.0 Å². The van der Waals surface area contributed by atoms with Crippen LogP contribution in [-0.2, 0) is 15.1 Å². The molecule has 1 aliphatic heterocycles. The molecule has 0 amide bonds. The predicted octanol–water partition coefficient (Wildman–Crippen LogP) is 3.30. The minimum absolute atomic E-state index is 0.240. The molecular formula is C17H22BrNO3. The van der Waals surface area contributed by atoms with E-state index >= 15 is 0 Å². The largest absolute Gasteiger partial charge is 0.480 e. The molecular weight excluding hydrogens is 346 g/mol. The van der Waals surface area contributed by atoms with Crippen LogP contribution >= 0.6 is 15.9 Å². The Hall–Kier alpha value is -0.910. The molecule has 0 radical (unpaired) electrons. The van der Waals surface area contributed by atoms with E-state index in [1.54, 1.807) is 0 Å². The highest BCUT2D eigenvalue weighted by Crippen LogP contribution is 2.54. The Balaban J connectivity index is 1.89. The lowest BCUT2D eigenvalue weighted by Gasteiger charge is -2.37. The topological polar surface area (TPSA) is 58.6 Å². The molecule has 2 N–H and O–H groups in total. The molecule has 1 saturated carbocycles. The normalized spacial score (nSPS) is 31.5. The average Bonchev–Trinajstić information content (AvgIpc) is 2.86. The van der Waals surface area contributed by atoms with Crippen LogP contribution in [0.15, 0.2) is 28.7 Å². The number of hydrogen-bond donors (Lipinski definition) is 2. The summed E-state index contributed by atoms with van der Waals surface area (Å²) >= 11 is 3.52. The zero-order valence-corrected chi connectivity index (χ0v) is 14.2. The lowest BCUT2D eigenvalue weighted by Crippen LogP contribution is -2.40. The number of carbonyl (C=O) groups is 1. The maximum atomic E-state index is 11.0. The molecule has 0 bridgehead atoms. The molecule has 2 unspecified atom stereocenters. The van der Waals surface area contributed by atoms with E-state index in [4.69, 9.17) is 9.84 Å². The van der Waals surface area contributed by atoms with Crippen molar-refractivity contribution in [3.8, 4) is 0 Å². The van der Waals surface area contributed by atoms with Crippen molar-refractivity contribution in [3.05, 3.63) is 34.3 Å². The summed E-state index contributed by atoms with van der Waals surface area (Å²) in [5.74, 6) is -0.905. The fraction of sp³-hybridized carbons (Fsp3) is 0.588. The standard InChI is InChI=1S/C17H22BrNO3/c18-14-4-1-3-13(9-14)17(22-10-15(20)21)7-6-16(11-17)5-2-8-19-12-16/h1,3-4,9,19H,2,5-8,10-12H2,(H,20,21). The molecule has 2 atom stereocenters. The summed E-state index contributed by atoms with van der Waals surface area (Å²) in [4.78, 5) is 11.0. The Morgan fingerprint density at radius 3 is 2.91 bits per heavy atom. The Morgan fingerprint density at radius 1 is 1.36 bits per heavy atom. The van der Waals surface area contributed by atoms with Gasteiger partial charge in [-0.15, -0.1) is 0 Å². The van der Waals surface area contributed by atoms with Crippen LogP contribution in [0.5, 0.6) is 0 Å². The summed E-state index contributed by atoms with van der Waals surface area (Å²) in [6.07, 6.45) is 5.26. The number of benzene rings is 1. The van der Waals surface area contributed by atoms with Crippen molar-refractivity contribution >= 4 is 21.9 Å². The first-order valence-electron chi connectivity index (χ1n) is 7.86. The number of hydrogen-bond acceptors (Lipinski definition) is 3. The molecule has 1 aliphatic carbocycles. The second-order valence-corrected chi connectivity index (χ2v) is 7.56. The number of carboxylic acids is 1. The molecule has 1 heterocycles. The summed E-state index contributed by atoms with van der Waals surface area (Å²) < 4.78 is 6.98. The van der Waals surface area contributed by atoms with Crippen molar-refractivity contribution in [1.82, 2.24) is 5.32 Å². The monoisotopic (exact) mass is 367 g/mol. The number of piperidine rings is 1. The molecule has 4 nitrogen and oxygen atoms in total. The van der Waals surface area contributed by atoms with Crippen LogP contribution in [0.25, 0.3) is 0 Å². The number of ether oxygens (including phenoxy) is 1. The van der Waals surface area contributed by atoms with Crippen LogP contribution < -0.4 is 5.32 Å². The highest BCUT2D eigenvalue weighted by molar-refractivity contribution is 9.10. The van der Waals surface area contributed by atoms with Gasteiger partial charge in [-0.25, -0.2) is 4.79 Å². The van der Waals surface area contributed by atoms with Crippen molar-refractivity contribution in [2.24, 2.45) is 5.41 Å². The predicted molar refractivity (Wildman–Crippen MR) is 87.8 cm³/mol. The minimum atomic E-state index is -0.905. The van der Waals surface area contributed by atoms with Crippen molar-refractivity contribution in [2.45, 2.75) is 37.7 Å². The van der Waals surface area contributed by atoms with Crippen LogP contribution in [0.3, 0.4) is 0 Å². The highest BCUT2D eigenvalue weighted by atomic mass is 79.9. The first kappa shape index (κ1) is 16.0. The molecule has 0 aromatic heterocycles. The van der Waals surface area contributed by atoms with Gasteiger partial charge in [-0.05, 0) is 61.8 Å². The highest BCUT2D eigenvalue weighted by Gasteiger charge is 2.50. The van der Waals surface area contributed by atoms with E-state index in [1.165, 1.54) is 12.8 Å². The maximum Gasteiger partial charge on any atom is 0.329 e. The second-order valence-electron chi connectivity index (χ2n) is 6.64. The molecule has 1 saturated heterocycles. The van der Waals surface area contributed by atoms with Gasteiger partial charge in [0.15, 0.2) is 0 Å². The minimum Gasteiger partial charge on any atom is -0.480 e. The Morgan fingerprint density at radius 2 is 2.23 bits per heavy atom. The van der Waals surface area contributed by atoms with Gasteiger partial charge in [-0.1, -0.05) is 28.1 Å². The van der Waals surface area contributed by atoms with E-state index in [0.717, 1.165) is 42.4 Å². The van der Waals surface area contributed by atoms with Crippen molar-refractivity contribution in [2.75, 3.05) is 19.7 Å². The fourth-order valence-corrected chi connectivity index (χ4v) is 4.47. The molecule has 2 aliphatic rings. The Bertz CT molecular complexity index is 557. The number of nitrogens with one attached hydrogen (secondary N) is 1. The van der Waals surface area contributed by atoms with Gasteiger partial charge in [-0.3, -0.25) is 0 Å². The third kappa shape index (κ3) is 3.21. The maximum absolute atomic E-state index is 11.0. The number of halogens is 1. The Kier molecular flexibility index (Phi) is 4.57. The van der Waals surface area contributed by atoms with Gasteiger partial charge in [0.25, 0.3) is 0 Å². The van der Waals surface area contributed by atoms with Crippen LogP contribution in [0, 0.1) is 5.41 Å². The van der Waals surface area contributed by atoms with Crippen molar-refractivity contribution in [1.29, 1.82) is 0 Å². The van der Waals surface area contributed by atoms with E-state index in [0.29, 0.717) is 0 Å². The summed E-state index contributed by atoms with van der Waals surface area (Å²) in [5.41, 5.74) is 0.867. The van der Waals surface area contributed by atoms with Gasteiger partial charge in [0, 0.05) is 11.0 Å². The van der Waals surface area contributed by atoms with Gasteiger partial charge < -0.3 is 15.2 Å². The molecule has 1 spiro atoms. The summed E-state index contributed by atoms with van der Waals surface area (Å²) in [7, 11) is 0. The molecule has 2 fully saturated rings. The second kappa shape index (κ2) is 6.30. The van der Waals surface area contributed by atoms with Gasteiger partial charge >= 0.3 is 5.97 Å². The van der Waals surface area contributed by atoms with Crippen LogP contribution in [-0.4, -0.2) is 30.8 Å². The molecule has 1 aromatic rings. The third-order valence-corrected chi connectivity index (χ3v) is 5.60. The summed E-state index contributed by atoms with van der Waals surface area (Å²) in [6, 6.07) is 8.11. The van der Waals surface area contributed by atoms with E-state index < -0.39 is 11.6 Å². The number of aliphatic carboxylic acids is 1. The summed E-state index contributed by atoms with van der Waals surface area (Å²) in [5, 5.41) is 12.5. The van der Waals surface area contributed by atoms with Crippen LogP contribution in [0.2, 0.25) is 0 Å². The fourth-order valence-electron chi connectivity index (χ4n) is 4.07. The molecule has 1 aromatic carbocycles. The van der Waals surface area contributed by atoms with Crippen LogP contribution in [0.1, 0.15) is 37.7 Å². The quantitative estimate of drug-likeness (QED) is 0.856. The number of carboxylic acid groups (broad SMARTS) is 1. The lowest BCUT2D eigenvalue weighted by atomic mass is 9.77. The molecule has 5 heteroatoms. The van der Waals surface area contributed by atoms with E-state index in [1.807, 2.05) is 12.1 Å². The zero-order chi connectivity index (χ0) is 15.6. The van der Waals surface area contributed by atoms with Gasteiger partial charge in [0.1, 0.15) is 6.61 Å². The van der Waals surface area contributed by atoms with Gasteiger partial charge in [-0.2, -0.15) is 0 Å². The first-order chi connectivity index (χ1) is 10.5. The number of rotatable bonds is 4. The first-order valence-corrected chi connectivity index (χ1v) is 8.66. The van der Waals surface area contributed by atoms with Gasteiger partial charge in [0.05, 0.1) is 5.60 Å².